The Hall–Kier alpha value is -1.63. The van der Waals surface area contributed by atoms with E-state index < -0.39 is 30.8 Å². The van der Waals surface area contributed by atoms with E-state index in [1.165, 1.54) is 231 Å². The summed E-state index contributed by atoms with van der Waals surface area (Å²) in [5.41, 5.74) is 0. The number of ether oxygens (including phenoxy) is 3. The number of hydrogen-bond acceptors (Lipinski definition) is 7. The molecule has 0 aliphatic rings. The predicted molar refractivity (Wildman–Crippen MR) is 276 cm³/mol. The Balaban J connectivity index is 4.53. The third-order valence-corrected chi connectivity index (χ3v) is 13.5. The maximum atomic E-state index is 13.0. The third-order valence-electron chi connectivity index (χ3n) is 13.5. The van der Waals surface area contributed by atoms with Crippen LogP contribution in [0.5, 0.6) is 0 Å². The maximum absolute atomic E-state index is 13.0. The van der Waals surface area contributed by atoms with Crippen LogP contribution in [0, 0.1) is 0 Å². The molecule has 0 unspecified atom stereocenters. The number of unbranched alkanes of at least 4 members (excludes halogenated alkanes) is 42. The van der Waals surface area contributed by atoms with E-state index in [9.17, 15) is 19.5 Å². The normalized spacial score (nSPS) is 12.4. The summed E-state index contributed by atoms with van der Waals surface area (Å²) in [7, 11) is 0. The van der Waals surface area contributed by atoms with Gasteiger partial charge in [-0.25, -0.2) is 0 Å². The van der Waals surface area contributed by atoms with Gasteiger partial charge in [0.2, 0.25) is 0 Å². The summed E-state index contributed by atoms with van der Waals surface area (Å²) in [4.78, 5) is 38.7. The first-order valence-corrected chi connectivity index (χ1v) is 29.1. The molecule has 0 aromatic heterocycles. The number of hydrogen-bond donors (Lipinski definition) is 1. The minimum Gasteiger partial charge on any atom is -0.462 e. The highest BCUT2D eigenvalue weighted by molar-refractivity contribution is 5.71. The SMILES string of the molecule is CCCCCCCCCCCCCCCCCC(=O)OC[C@H](OC(=O)CCCCCCCCCCCCCCCCC)[C@@H](CO)OC(=O)CCCCCCCCCCCCCCCCC. The summed E-state index contributed by atoms with van der Waals surface area (Å²) in [6.07, 6.45) is 55.2. The van der Waals surface area contributed by atoms with Gasteiger partial charge in [-0.15, -0.1) is 0 Å². The minimum atomic E-state index is -1.07. The molecule has 0 fully saturated rings. The van der Waals surface area contributed by atoms with Crippen molar-refractivity contribution < 1.29 is 33.7 Å². The van der Waals surface area contributed by atoms with Crippen molar-refractivity contribution in [2.45, 2.75) is 341 Å². The zero-order valence-corrected chi connectivity index (χ0v) is 43.9. The van der Waals surface area contributed by atoms with Crippen molar-refractivity contribution in [1.82, 2.24) is 0 Å². The van der Waals surface area contributed by atoms with Crippen molar-refractivity contribution in [3.63, 3.8) is 0 Å². The molecule has 0 aliphatic heterocycles. The molecule has 7 nitrogen and oxygen atoms in total. The minimum absolute atomic E-state index is 0.223. The molecular formula is C58H112O7. The molecule has 2 atom stereocenters. The second-order valence-corrected chi connectivity index (χ2v) is 20.0. The van der Waals surface area contributed by atoms with Crippen LogP contribution >= 0.6 is 0 Å². The quantitative estimate of drug-likeness (QED) is 0.0368. The predicted octanol–water partition coefficient (Wildman–Crippen LogP) is 18.1. The highest BCUT2D eigenvalue weighted by atomic mass is 16.6. The molecule has 0 radical (unpaired) electrons. The first kappa shape index (κ1) is 63.4. The molecule has 386 valence electrons. The van der Waals surface area contributed by atoms with Gasteiger partial charge in [0.1, 0.15) is 6.61 Å². The fourth-order valence-corrected chi connectivity index (χ4v) is 9.07. The monoisotopic (exact) mass is 921 g/mol. The van der Waals surface area contributed by atoms with Crippen LogP contribution in [0.15, 0.2) is 0 Å². The van der Waals surface area contributed by atoms with Crippen LogP contribution in [-0.4, -0.2) is 48.4 Å². The molecule has 0 aliphatic carbocycles. The van der Waals surface area contributed by atoms with Crippen LogP contribution in [0.1, 0.15) is 329 Å². The summed E-state index contributed by atoms with van der Waals surface area (Å²) in [5, 5.41) is 10.3. The number of aliphatic hydroxyl groups is 1. The molecule has 65 heavy (non-hydrogen) atoms. The van der Waals surface area contributed by atoms with E-state index in [1.54, 1.807) is 0 Å². The van der Waals surface area contributed by atoms with E-state index in [0.717, 1.165) is 57.8 Å². The van der Waals surface area contributed by atoms with Crippen molar-refractivity contribution in [2.75, 3.05) is 13.2 Å². The number of carbonyl (C=O) groups excluding carboxylic acids is 3. The van der Waals surface area contributed by atoms with Gasteiger partial charge in [0.05, 0.1) is 6.61 Å². The Morgan fingerprint density at radius 3 is 0.723 bits per heavy atom. The summed E-state index contributed by atoms with van der Waals surface area (Å²) in [6, 6.07) is 0. The molecule has 7 heteroatoms. The molecule has 0 amide bonds. The van der Waals surface area contributed by atoms with Gasteiger partial charge >= 0.3 is 17.9 Å². The van der Waals surface area contributed by atoms with Gasteiger partial charge in [-0.05, 0) is 19.3 Å². The molecule has 0 saturated carbocycles. The molecule has 0 heterocycles. The number of rotatable bonds is 54. The lowest BCUT2D eigenvalue weighted by Gasteiger charge is -2.25. The van der Waals surface area contributed by atoms with Crippen molar-refractivity contribution in [3.05, 3.63) is 0 Å². The summed E-state index contributed by atoms with van der Waals surface area (Å²) in [6.45, 7) is 6.08. The van der Waals surface area contributed by atoms with E-state index in [1.807, 2.05) is 0 Å². The first-order valence-electron chi connectivity index (χ1n) is 29.1. The number of carbonyl (C=O) groups is 3. The summed E-state index contributed by atoms with van der Waals surface area (Å²) >= 11 is 0. The average molecular weight is 922 g/mol. The van der Waals surface area contributed by atoms with E-state index >= 15 is 0 Å². The number of esters is 3. The van der Waals surface area contributed by atoms with Gasteiger partial charge < -0.3 is 19.3 Å². The Kier molecular flexibility index (Phi) is 52.0. The van der Waals surface area contributed by atoms with E-state index in [0.29, 0.717) is 6.42 Å². The second-order valence-electron chi connectivity index (χ2n) is 20.0. The average Bonchev–Trinajstić information content (AvgIpc) is 3.30. The van der Waals surface area contributed by atoms with E-state index in [-0.39, 0.29) is 25.4 Å². The molecular weight excluding hydrogens is 809 g/mol. The Labute approximate surface area is 404 Å². The van der Waals surface area contributed by atoms with E-state index in [4.69, 9.17) is 14.2 Å². The van der Waals surface area contributed by atoms with Gasteiger partial charge in [0, 0.05) is 19.3 Å². The Morgan fingerprint density at radius 2 is 0.492 bits per heavy atom. The highest BCUT2D eigenvalue weighted by Gasteiger charge is 2.30. The molecule has 0 rings (SSSR count). The van der Waals surface area contributed by atoms with Crippen LogP contribution in [0.3, 0.4) is 0 Å². The van der Waals surface area contributed by atoms with Crippen molar-refractivity contribution in [1.29, 1.82) is 0 Å². The molecule has 0 spiro atoms. The van der Waals surface area contributed by atoms with Crippen LogP contribution in [0.25, 0.3) is 0 Å². The largest absolute Gasteiger partial charge is 0.462 e. The topological polar surface area (TPSA) is 99.1 Å². The van der Waals surface area contributed by atoms with Crippen molar-refractivity contribution >= 4 is 17.9 Å². The standard InChI is InChI=1S/C58H112O7/c1-4-7-10-13-16-19-22-25-28-31-34-37-40-43-46-49-56(60)63-53-55(65-58(62)51-48-45-42-39-36-33-30-27-24-21-18-15-12-9-6-3)54(52-59)64-57(61)50-47-44-41-38-35-32-29-26-23-20-17-14-11-8-5-2/h54-55,59H,4-53H2,1-3H3/t54-,55+/m1/s1. The zero-order chi connectivity index (χ0) is 47.4. The smallest absolute Gasteiger partial charge is 0.306 e. The third kappa shape index (κ3) is 48.6. The molecule has 0 saturated heterocycles. The number of aliphatic hydroxyl groups excluding tert-OH is 1. The summed E-state index contributed by atoms with van der Waals surface area (Å²) < 4.78 is 17.1. The summed E-state index contributed by atoms with van der Waals surface area (Å²) in [5.74, 6) is -1.16. The molecule has 1 N–H and O–H groups in total. The maximum Gasteiger partial charge on any atom is 0.306 e. The Bertz CT molecular complexity index is 985. The van der Waals surface area contributed by atoms with Gasteiger partial charge in [0.25, 0.3) is 0 Å². The lowest BCUT2D eigenvalue weighted by atomic mass is 10.0. The lowest BCUT2D eigenvalue weighted by Crippen LogP contribution is -2.41. The van der Waals surface area contributed by atoms with Crippen molar-refractivity contribution in [3.8, 4) is 0 Å². The fraction of sp³-hybridized carbons (Fsp3) is 0.948. The highest BCUT2D eigenvalue weighted by Crippen LogP contribution is 2.19. The van der Waals surface area contributed by atoms with Gasteiger partial charge in [-0.1, -0.05) is 290 Å². The molecule has 0 aromatic rings. The van der Waals surface area contributed by atoms with E-state index in [2.05, 4.69) is 20.8 Å². The Morgan fingerprint density at radius 1 is 0.292 bits per heavy atom. The van der Waals surface area contributed by atoms with Gasteiger partial charge in [-0.3, -0.25) is 14.4 Å². The van der Waals surface area contributed by atoms with Crippen LogP contribution in [0.4, 0.5) is 0 Å². The van der Waals surface area contributed by atoms with Crippen LogP contribution in [0.2, 0.25) is 0 Å². The van der Waals surface area contributed by atoms with Crippen LogP contribution in [-0.2, 0) is 28.6 Å². The molecule has 0 bridgehead atoms. The fourth-order valence-electron chi connectivity index (χ4n) is 9.07. The lowest BCUT2D eigenvalue weighted by molar-refractivity contribution is -0.179. The van der Waals surface area contributed by atoms with Crippen molar-refractivity contribution in [2.24, 2.45) is 0 Å². The first-order chi connectivity index (χ1) is 32.0. The van der Waals surface area contributed by atoms with Gasteiger partial charge in [-0.2, -0.15) is 0 Å². The second kappa shape index (κ2) is 53.3. The molecule has 0 aromatic carbocycles. The van der Waals surface area contributed by atoms with Crippen LogP contribution < -0.4 is 0 Å². The zero-order valence-electron chi connectivity index (χ0n) is 43.9. The van der Waals surface area contributed by atoms with Gasteiger partial charge in [0.15, 0.2) is 12.2 Å².